The smallest absolute Gasteiger partial charge is 0.313 e. The molecule has 0 spiro atoms. The van der Waals surface area contributed by atoms with Crippen LogP contribution in [0.2, 0.25) is 0 Å². The standard InChI is InChI=1S/C20H24N2O4/c1-4-10-26-19(24)17-15(13-8-6-12(5-2)7-9-13)16-14(11-20(17,3)25)21-22-18(16)23/h4,6-9,15,17,25H,1,5,10-11H2,2-3H3,(H2,21,22,23)/t15-,17-,20+/m0/s1. The summed E-state index contributed by atoms with van der Waals surface area (Å²) in [5, 5.41) is 16.5. The van der Waals surface area contributed by atoms with Gasteiger partial charge in [-0.3, -0.25) is 14.7 Å². The highest BCUT2D eigenvalue weighted by atomic mass is 16.5. The van der Waals surface area contributed by atoms with E-state index in [9.17, 15) is 14.7 Å². The number of carbonyl (C=O) groups excluding carboxylic acids is 1. The quantitative estimate of drug-likeness (QED) is 0.564. The minimum atomic E-state index is -1.36. The number of aryl methyl sites for hydroxylation is 1. The van der Waals surface area contributed by atoms with E-state index in [2.05, 4.69) is 23.7 Å². The Bertz CT molecular complexity index is 861. The van der Waals surface area contributed by atoms with Crippen LogP contribution in [-0.4, -0.2) is 33.5 Å². The predicted molar refractivity (Wildman–Crippen MR) is 98.1 cm³/mol. The third-order valence-corrected chi connectivity index (χ3v) is 5.09. The Kier molecular flexibility index (Phi) is 4.87. The zero-order valence-electron chi connectivity index (χ0n) is 15.0. The molecule has 3 atom stereocenters. The van der Waals surface area contributed by atoms with Crippen LogP contribution >= 0.6 is 0 Å². The van der Waals surface area contributed by atoms with E-state index in [1.54, 1.807) is 6.92 Å². The molecule has 0 amide bonds. The van der Waals surface area contributed by atoms with E-state index in [1.165, 1.54) is 6.08 Å². The normalized spacial score (nSPS) is 24.7. The van der Waals surface area contributed by atoms with Gasteiger partial charge in [0.15, 0.2) is 0 Å². The number of ether oxygens (including phenoxy) is 1. The van der Waals surface area contributed by atoms with Crippen molar-refractivity contribution in [2.24, 2.45) is 5.92 Å². The second kappa shape index (κ2) is 6.96. The van der Waals surface area contributed by atoms with Gasteiger partial charge in [0.2, 0.25) is 0 Å². The Labute approximate surface area is 151 Å². The molecule has 2 aromatic rings. The summed E-state index contributed by atoms with van der Waals surface area (Å²) in [5.41, 5.74) is 1.43. The number of benzene rings is 1. The molecule has 0 aliphatic heterocycles. The lowest BCUT2D eigenvalue weighted by molar-refractivity contribution is -0.158. The third-order valence-electron chi connectivity index (χ3n) is 5.09. The summed E-state index contributed by atoms with van der Waals surface area (Å²) >= 11 is 0. The van der Waals surface area contributed by atoms with Gasteiger partial charge in [-0.15, -0.1) is 0 Å². The van der Waals surface area contributed by atoms with Crippen molar-refractivity contribution in [2.75, 3.05) is 6.61 Å². The van der Waals surface area contributed by atoms with Crippen LogP contribution in [0.5, 0.6) is 0 Å². The van der Waals surface area contributed by atoms with Crippen molar-refractivity contribution >= 4 is 5.97 Å². The topological polar surface area (TPSA) is 95.2 Å². The Hall–Kier alpha value is -2.60. The molecule has 6 nitrogen and oxygen atoms in total. The van der Waals surface area contributed by atoms with Gasteiger partial charge >= 0.3 is 5.97 Å². The molecule has 3 N–H and O–H groups in total. The summed E-state index contributed by atoms with van der Waals surface area (Å²) in [6, 6.07) is 7.78. The second-order valence-corrected chi connectivity index (χ2v) is 6.97. The molecule has 1 aliphatic rings. The van der Waals surface area contributed by atoms with Gasteiger partial charge in [-0.2, -0.15) is 0 Å². The largest absolute Gasteiger partial charge is 0.461 e. The van der Waals surface area contributed by atoms with Crippen LogP contribution in [0.1, 0.15) is 42.1 Å². The molecule has 1 aromatic carbocycles. The van der Waals surface area contributed by atoms with Crippen LogP contribution in [-0.2, 0) is 22.4 Å². The lowest BCUT2D eigenvalue weighted by Crippen LogP contribution is -2.50. The fraction of sp³-hybridized carbons (Fsp3) is 0.400. The number of esters is 1. The first-order chi connectivity index (χ1) is 12.4. The highest BCUT2D eigenvalue weighted by molar-refractivity contribution is 5.77. The number of aromatic nitrogens is 2. The number of aromatic amines is 2. The number of rotatable bonds is 5. The number of carbonyl (C=O) groups is 1. The van der Waals surface area contributed by atoms with Crippen molar-refractivity contribution in [3.8, 4) is 0 Å². The number of H-pyrrole nitrogens is 2. The Balaban J connectivity index is 2.14. The van der Waals surface area contributed by atoms with Gasteiger partial charge in [-0.25, -0.2) is 0 Å². The van der Waals surface area contributed by atoms with Crippen LogP contribution in [0.15, 0.2) is 41.7 Å². The number of hydrogen-bond acceptors (Lipinski definition) is 4. The zero-order valence-corrected chi connectivity index (χ0v) is 15.0. The average Bonchev–Trinajstić information content (AvgIpc) is 2.97. The van der Waals surface area contributed by atoms with Crippen molar-refractivity contribution < 1.29 is 14.6 Å². The number of hydrogen-bond donors (Lipinski definition) is 3. The van der Waals surface area contributed by atoms with Gasteiger partial charge in [0, 0.05) is 23.6 Å². The molecular formula is C20H24N2O4. The summed E-state index contributed by atoms with van der Waals surface area (Å²) in [6.07, 6.45) is 2.54. The van der Waals surface area contributed by atoms with Crippen molar-refractivity contribution in [1.29, 1.82) is 0 Å². The van der Waals surface area contributed by atoms with Crippen LogP contribution in [0.4, 0.5) is 0 Å². The summed E-state index contributed by atoms with van der Waals surface area (Å²) in [7, 11) is 0. The molecule has 1 aliphatic carbocycles. The Morgan fingerprint density at radius 2 is 2.08 bits per heavy atom. The molecule has 1 aromatic heterocycles. The average molecular weight is 356 g/mol. The zero-order chi connectivity index (χ0) is 18.9. The maximum atomic E-state index is 12.8. The lowest BCUT2D eigenvalue weighted by Gasteiger charge is -2.40. The van der Waals surface area contributed by atoms with Crippen LogP contribution < -0.4 is 5.56 Å². The molecule has 0 radical (unpaired) electrons. The molecule has 138 valence electrons. The van der Waals surface area contributed by atoms with Gasteiger partial charge in [-0.05, 0) is 24.5 Å². The molecule has 26 heavy (non-hydrogen) atoms. The van der Waals surface area contributed by atoms with Crippen molar-refractivity contribution in [3.05, 3.63) is 69.7 Å². The maximum Gasteiger partial charge on any atom is 0.313 e. The molecule has 0 saturated heterocycles. The minimum absolute atomic E-state index is 0.0588. The SMILES string of the molecule is C=CCOC(=O)[C@@H]1[C@@H](c2ccc(CC)cc2)c2c([nH][nH]c2=O)C[C@@]1(C)O. The monoisotopic (exact) mass is 356 g/mol. The Morgan fingerprint density at radius 1 is 1.38 bits per heavy atom. The van der Waals surface area contributed by atoms with Gasteiger partial charge in [0.1, 0.15) is 6.61 Å². The molecule has 3 rings (SSSR count). The number of fused-ring (bicyclic) bond motifs is 1. The lowest BCUT2D eigenvalue weighted by atomic mass is 9.66. The van der Waals surface area contributed by atoms with Crippen LogP contribution in [0, 0.1) is 5.92 Å². The molecule has 0 unspecified atom stereocenters. The highest BCUT2D eigenvalue weighted by Gasteiger charge is 2.51. The van der Waals surface area contributed by atoms with E-state index >= 15 is 0 Å². The van der Waals surface area contributed by atoms with Crippen molar-refractivity contribution in [3.63, 3.8) is 0 Å². The highest BCUT2D eigenvalue weighted by Crippen LogP contribution is 2.44. The molecule has 1 heterocycles. The summed E-state index contributed by atoms with van der Waals surface area (Å²) < 4.78 is 5.25. The summed E-state index contributed by atoms with van der Waals surface area (Å²) in [4.78, 5) is 25.2. The van der Waals surface area contributed by atoms with Gasteiger partial charge < -0.3 is 14.9 Å². The Morgan fingerprint density at radius 3 is 2.69 bits per heavy atom. The van der Waals surface area contributed by atoms with Crippen molar-refractivity contribution in [1.82, 2.24) is 10.2 Å². The first kappa shape index (κ1) is 18.2. The van der Waals surface area contributed by atoms with Crippen molar-refractivity contribution in [2.45, 2.75) is 38.2 Å². The molecular weight excluding hydrogens is 332 g/mol. The van der Waals surface area contributed by atoms with E-state index in [4.69, 9.17) is 4.74 Å². The van der Waals surface area contributed by atoms with E-state index in [-0.39, 0.29) is 18.6 Å². The molecule has 0 fully saturated rings. The van der Waals surface area contributed by atoms with Gasteiger partial charge in [-0.1, -0.05) is 43.8 Å². The van der Waals surface area contributed by atoms with Crippen LogP contribution in [0.3, 0.4) is 0 Å². The van der Waals surface area contributed by atoms with Gasteiger partial charge in [0.25, 0.3) is 5.56 Å². The van der Waals surface area contributed by atoms with E-state index in [0.717, 1.165) is 17.5 Å². The van der Waals surface area contributed by atoms with Gasteiger partial charge in [0.05, 0.1) is 11.5 Å². The minimum Gasteiger partial charge on any atom is -0.461 e. The molecule has 6 heteroatoms. The van der Waals surface area contributed by atoms with E-state index in [0.29, 0.717) is 11.3 Å². The fourth-order valence-electron chi connectivity index (χ4n) is 3.81. The van der Waals surface area contributed by atoms with Crippen LogP contribution in [0.25, 0.3) is 0 Å². The summed E-state index contributed by atoms with van der Waals surface area (Å²) in [5.74, 6) is -2.02. The number of aliphatic hydroxyl groups is 1. The fourth-order valence-corrected chi connectivity index (χ4v) is 3.81. The first-order valence-corrected chi connectivity index (χ1v) is 8.77. The summed E-state index contributed by atoms with van der Waals surface area (Å²) in [6.45, 7) is 7.28. The predicted octanol–water partition coefficient (Wildman–Crippen LogP) is 2.05. The molecule has 0 saturated carbocycles. The van der Waals surface area contributed by atoms with E-state index < -0.39 is 23.4 Å². The first-order valence-electron chi connectivity index (χ1n) is 8.77. The number of nitrogens with one attached hydrogen (secondary N) is 2. The van der Waals surface area contributed by atoms with E-state index in [1.807, 2.05) is 24.3 Å². The second-order valence-electron chi connectivity index (χ2n) is 6.97. The third kappa shape index (κ3) is 3.12. The molecule has 0 bridgehead atoms. The maximum absolute atomic E-state index is 12.8.